The zero-order valence-corrected chi connectivity index (χ0v) is 15.3. The van der Waals surface area contributed by atoms with Crippen LogP contribution in [0, 0.1) is 0 Å². The lowest BCUT2D eigenvalue weighted by molar-refractivity contribution is 0.607. The molecule has 1 aromatic heterocycles. The standard InChI is InChI=1S/C21H16N2O3S/c1-27(25,26)23-17-8-9-18-15(11-17)7-10-20-19(21(18)24)12-16(13-22-20)14-5-3-2-4-6-14/h2-13,23H,1H3. The molecule has 4 rings (SSSR count). The third-order valence-electron chi connectivity index (χ3n) is 4.29. The van der Waals surface area contributed by atoms with Gasteiger partial charge in [-0.05, 0) is 41.3 Å². The maximum atomic E-state index is 13.1. The summed E-state index contributed by atoms with van der Waals surface area (Å²) < 4.78 is 25.3. The Balaban J connectivity index is 1.95. The first-order valence-corrected chi connectivity index (χ1v) is 10.2. The van der Waals surface area contributed by atoms with Crippen LogP contribution in [0.5, 0.6) is 0 Å². The molecule has 1 heterocycles. The summed E-state index contributed by atoms with van der Waals surface area (Å²) in [5, 5.41) is 1.68. The normalized spacial score (nSPS) is 11.6. The maximum Gasteiger partial charge on any atom is 0.229 e. The van der Waals surface area contributed by atoms with Crippen LogP contribution in [0.25, 0.3) is 32.8 Å². The number of benzene rings is 2. The molecule has 134 valence electrons. The molecule has 0 aliphatic heterocycles. The number of sulfonamides is 1. The number of hydrogen-bond donors (Lipinski definition) is 1. The first kappa shape index (κ1) is 17.2. The molecule has 27 heavy (non-hydrogen) atoms. The number of anilines is 1. The molecule has 0 atom stereocenters. The number of hydrogen-bond acceptors (Lipinski definition) is 4. The van der Waals surface area contributed by atoms with Crippen molar-refractivity contribution < 1.29 is 8.42 Å². The molecule has 0 aliphatic rings. The van der Waals surface area contributed by atoms with E-state index in [0.717, 1.165) is 17.4 Å². The predicted octanol–water partition coefficient (Wildman–Crippen LogP) is 3.79. The van der Waals surface area contributed by atoms with E-state index in [4.69, 9.17) is 0 Å². The number of nitrogens with zero attached hydrogens (tertiary/aromatic N) is 1. The van der Waals surface area contributed by atoms with Crippen LogP contribution in [0.4, 0.5) is 5.69 Å². The van der Waals surface area contributed by atoms with Gasteiger partial charge in [-0.1, -0.05) is 36.4 Å². The van der Waals surface area contributed by atoms with Crippen molar-refractivity contribution in [2.75, 3.05) is 11.0 Å². The van der Waals surface area contributed by atoms with E-state index in [1.165, 1.54) is 0 Å². The van der Waals surface area contributed by atoms with Gasteiger partial charge in [0.05, 0.1) is 11.8 Å². The van der Waals surface area contributed by atoms with Gasteiger partial charge in [0.25, 0.3) is 0 Å². The fraction of sp³-hybridized carbons (Fsp3) is 0.0476. The minimum atomic E-state index is -3.39. The van der Waals surface area contributed by atoms with E-state index in [2.05, 4.69) is 9.71 Å². The first-order valence-electron chi connectivity index (χ1n) is 8.31. The molecule has 0 bridgehead atoms. The van der Waals surface area contributed by atoms with E-state index < -0.39 is 10.0 Å². The molecule has 0 saturated heterocycles. The third kappa shape index (κ3) is 3.52. The Morgan fingerprint density at radius 3 is 2.37 bits per heavy atom. The second-order valence-electron chi connectivity index (χ2n) is 6.36. The molecule has 4 aromatic rings. The van der Waals surface area contributed by atoms with Gasteiger partial charge in [-0.2, -0.15) is 0 Å². The molecule has 0 unspecified atom stereocenters. The van der Waals surface area contributed by atoms with Crippen molar-refractivity contribution in [2.45, 2.75) is 0 Å². The van der Waals surface area contributed by atoms with E-state index in [1.54, 1.807) is 36.5 Å². The zero-order valence-electron chi connectivity index (χ0n) is 14.5. The van der Waals surface area contributed by atoms with Crippen LogP contribution >= 0.6 is 0 Å². The predicted molar refractivity (Wildman–Crippen MR) is 109 cm³/mol. The molecule has 3 aromatic carbocycles. The van der Waals surface area contributed by atoms with Gasteiger partial charge < -0.3 is 0 Å². The summed E-state index contributed by atoms with van der Waals surface area (Å²) in [6.45, 7) is 0. The molecule has 0 saturated carbocycles. The van der Waals surface area contributed by atoms with Crippen molar-refractivity contribution >= 4 is 37.4 Å². The lowest BCUT2D eigenvalue weighted by Crippen LogP contribution is -2.09. The molecule has 5 nitrogen and oxygen atoms in total. The number of aromatic nitrogens is 1. The molecular weight excluding hydrogens is 360 g/mol. The summed E-state index contributed by atoms with van der Waals surface area (Å²) in [4.78, 5) is 17.5. The number of rotatable bonds is 3. The van der Waals surface area contributed by atoms with E-state index in [9.17, 15) is 13.2 Å². The largest absolute Gasteiger partial charge is 0.289 e. The Kier molecular flexibility index (Phi) is 4.12. The molecule has 0 aliphatic carbocycles. The highest BCUT2D eigenvalue weighted by atomic mass is 32.2. The second kappa shape index (κ2) is 6.48. The van der Waals surface area contributed by atoms with Gasteiger partial charge in [-0.25, -0.2) is 8.42 Å². The molecule has 0 spiro atoms. The first-order chi connectivity index (χ1) is 12.9. The van der Waals surface area contributed by atoms with Gasteiger partial charge >= 0.3 is 0 Å². The smallest absolute Gasteiger partial charge is 0.229 e. The average molecular weight is 376 g/mol. The van der Waals surface area contributed by atoms with Crippen molar-refractivity contribution in [1.82, 2.24) is 4.98 Å². The van der Waals surface area contributed by atoms with Crippen LogP contribution in [-0.4, -0.2) is 19.7 Å². The minimum absolute atomic E-state index is 0.138. The molecule has 0 amide bonds. The summed E-state index contributed by atoms with van der Waals surface area (Å²) in [5.41, 5.74) is 2.73. The molecule has 1 N–H and O–H groups in total. The van der Waals surface area contributed by atoms with Gasteiger partial charge in [0, 0.05) is 28.2 Å². The van der Waals surface area contributed by atoms with Crippen molar-refractivity contribution in [1.29, 1.82) is 0 Å². The second-order valence-corrected chi connectivity index (χ2v) is 8.11. The lowest BCUT2D eigenvalue weighted by Gasteiger charge is -2.04. The highest BCUT2D eigenvalue weighted by Crippen LogP contribution is 2.23. The number of nitrogens with one attached hydrogen (secondary N) is 1. The maximum absolute atomic E-state index is 13.1. The number of fused-ring (bicyclic) bond motifs is 2. The van der Waals surface area contributed by atoms with Crippen LogP contribution in [-0.2, 0) is 10.0 Å². The fourth-order valence-corrected chi connectivity index (χ4v) is 3.63. The number of pyridine rings is 1. The van der Waals surface area contributed by atoms with E-state index >= 15 is 0 Å². The van der Waals surface area contributed by atoms with Crippen LogP contribution in [0.2, 0.25) is 0 Å². The average Bonchev–Trinajstić information content (AvgIpc) is 2.78. The van der Waals surface area contributed by atoms with Crippen LogP contribution in [0.3, 0.4) is 0 Å². The Bertz CT molecular complexity index is 1330. The summed E-state index contributed by atoms with van der Waals surface area (Å²) in [6.07, 6.45) is 2.84. The van der Waals surface area contributed by atoms with Crippen LogP contribution in [0.15, 0.2) is 77.7 Å². The van der Waals surface area contributed by atoms with Gasteiger partial charge in [-0.3, -0.25) is 14.5 Å². The molecule has 0 fully saturated rings. The van der Waals surface area contributed by atoms with Crippen LogP contribution < -0.4 is 10.2 Å². The quantitative estimate of drug-likeness (QED) is 0.590. The van der Waals surface area contributed by atoms with Crippen molar-refractivity contribution in [3.63, 3.8) is 0 Å². The Hall–Kier alpha value is -3.25. The molecule has 0 radical (unpaired) electrons. The van der Waals surface area contributed by atoms with E-state index in [-0.39, 0.29) is 5.43 Å². The van der Waals surface area contributed by atoms with Gasteiger partial charge in [-0.15, -0.1) is 0 Å². The summed E-state index contributed by atoms with van der Waals surface area (Å²) in [7, 11) is -3.39. The molecular formula is C21H16N2O3S. The Morgan fingerprint density at radius 1 is 0.852 bits per heavy atom. The van der Waals surface area contributed by atoms with Gasteiger partial charge in [0.2, 0.25) is 10.0 Å². The van der Waals surface area contributed by atoms with Gasteiger partial charge in [0.15, 0.2) is 5.43 Å². The topological polar surface area (TPSA) is 76.1 Å². The zero-order chi connectivity index (χ0) is 19.0. The fourth-order valence-electron chi connectivity index (χ4n) is 3.08. The van der Waals surface area contributed by atoms with Crippen molar-refractivity contribution in [3.05, 3.63) is 83.2 Å². The summed E-state index contributed by atoms with van der Waals surface area (Å²) in [5.74, 6) is 0. The SMILES string of the molecule is CS(=O)(=O)Nc1ccc2c(=O)c3cc(-c4ccccc4)cnc3ccc2c1. The summed E-state index contributed by atoms with van der Waals surface area (Å²) >= 11 is 0. The highest BCUT2D eigenvalue weighted by molar-refractivity contribution is 7.92. The van der Waals surface area contributed by atoms with Crippen molar-refractivity contribution in [2.24, 2.45) is 0 Å². The monoisotopic (exact) mass is 376 g/mol. The lowest BCUT2D eigenvalue weighted by atomic mass is 10.1. The molecule has 6 heteroatoms. The van der Waals surface area contributed by atoms with E-state index in [1.807, 2.05) is 36.4 Å². The van der Waals surface area contributed by atoms with E-state index in [0.29, 0.717) is 27.4 Å². The highest BCUT2D eigenvalue weighted by Gasteiger charge is 2.08. The summed E-state index contributed by atoms with van der Waals surface area (Å²) in [6, 6.07) is 20.0. The minimum Gasteiger partial charge on any atom is -0.289 e. The third-order valence-corrected chi connectivity index (χ3v) is 4.90. The Labute approximate surface area is 156 Å². The van der Waals surface area contributed by atoms with Crippen LogP contribution in [0.1, 0.15) is 0 Å². The van der Waals surface area contributed by atoms with Crippen molar-refractivity contribution in [3.8, 4) is 11.1 Å². The Morgan fingerprint density at radius 2 is 1.63 bits per heavy atom. The van der Waals surface area contributed by atoms with Gasteiger partial charge in [0.1, 0.15) is 0 Å².